The number of ketones is 1. The molecule has 2 heterocycles. The molecule has 1 aromatic heterocycles. The predicted octanol–water partition coefficient (Wildman–Crippen LogP) is -0.742. The number of rotatable bonds is 9. The fourth-order valence-corrected chi connectivity index (χ4v) is 2.16. The van der Waals surface area contributed by atoms with E-state index in [0.717, 1.165) is 0 Å². The van der Waals surface area contributed by atoms with Gasteiger partial charge in [-0.05, 0) is 31.2 Å². The van der Waals surface area contributed by atoms with E-state index in [-0.39, 0.29) is 38.1 Å². The summed E-state index contributed by atoms with van der Waals surface area (Å²) in [7, 11) is 6.31. The Labute approximate surface area is 222 Å². The lowest BCUT2D eigenvalue weighted by Gasteiger charge is -2.15. The molecule has 0 bridgehead atoms. The van der Waals surface area contributed by atoms with Crippen LogP contribution >= 0.6 is 0 Å². The lowest BCUT2D eigenvalue weighted by molar-refractivity contribution is -0.115. The Hall–Kier alpha value is -3.53. The molecule has 1 aliphatic heterocycles. The molecule has 0 aromatic carbocycles. The Morgan fingerprint density at radius 2 is 1.87 bits per heavy atom. The Morgan fingerprint density at radius 3 is 2.18 bits per heavy atom. The van der Waals surface area contributed by atoms with Crippen LogP contribution in [0.25, 0.3) is 0 Å². The molecule has 15 nitrogen and oxygen atoms in total. The third-order valence-corrected chi connectivity index (χ3v) is 4.57. The van der Waals surface area contributed by atoms with E-state index in [1.165, 1.54) is 27.3 Å². The molecular weight excluding hydrogens is 504 g/mol. The van der Waals surface area contributed by atoms with Crippen molar-refractivity contribution < 1.29 is 39.5 Å². The molecule has 0 saturated carbocycles. The van der Waals surface area contributed by atoms with Crippen molar-refractivity contribution in [2.24, 2.45) is 24.2 Å². The standard InChI is InChI=1S/C7H12O2.C6H10N2O3.C5H9N3O2.C5H11NO2/c1-3-7(9)6(2)4-5-8;1-5(7-4-9)6-8-11-3-2-10-6;1-7-4(3-9)6-8(2)5(7)10;1-5(8-3)6(2)4-7/h4,8H,3,5H2,1-2H3;9H,2-4H2,1H3;9H,3H2,1-2H3;7H,1,4H2,2-3H3/b6-4+;;;. The average Bonchev–Trinajstić information content (AvgIpc) is 3.19. The minimum atomic E-state index is -0.256. The minimum Gasteiger partial charge on any atom is -0.483 e. The van der Waals surface area contributed by atoms with Crippen LogP contribution < -0.4 is 5.69 Å². The number of allylic oxidation sites excluding steroid dienone is 1. The number of ether oxygens (including phenoxy) is 2. The third kappa shape index (κ3) is 14.9. The summed E-state index contributed by atoms with van der Waals surface area (Å²) in [5, 5.41) is 41.2. The van der Waals surface area contributed by atoms with E-state index in [2.05, 4.69) is 26.6 Å². The van der Waals surface area contributed by atoms with Gasteiger partial charge in [-0.1, -0.05) is 13.0 Å². The quantitative estimate of drug-likeness (QED) is 0.132. The van der Waals surface area contributed by atoms with Crippen LogP contribution in [-0.4, -0.2) is 105 Å². The summed E-state index contributed by atoms with van der Waals surface area (Å²) in [5.74, 6) is 1.30. The first-order valence-corrected chi connectivity index (χ1v) is 11.5. The minimum absolute atomic E-state index is 0.0441. The molecule has 218 valence electrons. The van der Waals surface area contributed by atoms with E-state index in [0.29, 0.717) is 48.5 Å². The fourth-order valence-electron chi connectivity index (χ4n) is 2.16. The maximum absolute atomic E-state index is 10.9. The highest BCUT2D eigenvalue weighted by Crippen LogP contribution is 1.97. The van der Waals surface area contributed by atoms with Gasteiger partial charge in [-0.2, -0.15) is 5.10 Å². The van der Waals surface area contributed by atoms with Gasteiger partial charge in [-0.25, -0.2) is 9.48 Å². The molecule has 0 fully saturated rings. The summed E-state index contributed by atoms with van der Waals surface area (Å²) in [6.45, 7) is 9.09. The second-order valence-corrected chi connectivity index (χ2v) is 7.29. The smallest absolute Gasteiger partial charge is 0.345 e. The molecule has 0 spiro atoms. The lowest BCUT2D eigenvalue weighted by atomic mass is 10.1. The zero-order valence-electron chi connectivity index (χ0n) is 23.2. The molecular formula is C23H42N6O9. The number of aliphatic hydroxyl groups is 4. The van der Waals surface area contributed by atoms with Gasteiger partial charge in [0, 0.05) is 27.6 Å². The number of hydrogen-bond acceptors (Lipinski definition) is 13. The van der Waals surface area contributed by atoms with Crippen molar-refractivity contribution in [1.29, 1.82) is 0 Å². The number of oxime groups is 1. The van der Waals surface area contributed by atoms with E-state index < -0.39 is 0 Å². The Kier molecular flexibility index (Phi) is 20.8. The van der Waals surface area contributed by atoms with Gasteiger partial charge in [-0.15, -0.1) is 0 Å². The first-order valence-electron chi connectivity index (χ1n) is 11.5. The van der Waals surface area contributed by atoms with Gasteiger partial charge in [-0.3, -0.25) is 14.4 Å². The van der Waals surface area contributed by atoms with Crippen molar-refractivity contribution >= 4 is 17.4 Å². The molecule has 4 N–H and O–H groups in total. The van der Waals surface area contributed by atoms with Gasteiger partial charge in [0.2, 0.25) is 0 Å². The van der Waals surface area contributed by atoms with Gasteiger partial charge >= 0.3 is 5.69 Å². The summed E-state index contributed by atoms with van der Waals surface area (Å²) >= 11 is 0. The molecule has 38 heavy (non-hydrogen) atoms. The average molecular weight is 547 g/mol. The number of aryl methyl sites for hydroxylation is 1. The summed E-state index contributed by atoms with van der Waals surface area (Å²) in [4.78, 5) is 31.5. The van der Waals surface area contributed by atoms with Crippen molar-refractivity contribution in [2.75, 3.05) is 47.4 Å². The first-order chi connectivity index (χ1) is 17.9. The van der Waals surface area contributed by atoms with E-state index in [9.17, 15) is 9.59 Å². The molecule has 0 saturated heterocycles. The molecule has 0 atom stereocenters. The Bertz CT molecular complexity index is 983. The molecule has 0 amide bonds. The van der Waals surface area contributed by atoms with Crippen molar-refractivity contribution in [3.63, 3.8) is 0 Å². The van der Waals surface area contributed by atoms with Crippen LogP contribution in [0.5, 0.6) is 0 Å². The largest absolute Gasteiger partial charge is 0.483 e. The fraction of sp³-hybridized carbons (Fsp3) is 0.609. The van der Waals surface area contributed by atoms with Gasteiger partial charge < -0.3 is 39.6 Å². The van der Waals surface area contributed by atoms with Crippen molar-refractivity contribution in [1.82, 2.24) is 19.2 Å². The summed E-state index contributed by atoms with van der Waals surface area (Å²) in [6, 6.07) is 0. The van der Waals surface area contributed by atoms with E-state index in [4.69, 9.17) is 30.0 Å². The van der Waals surface area contributed by atoms with Crippen LogP contribution in [0.15, 0.2) is 39.1 Å². The monoisotopic (exact) mass is 546 g/mol. The number of methoxy groups -OCH3 is 1. The van der Waals surface area contributed by atoms with Crippen LogP contribution in [-0.2, 0) is 39.8 Å². The molecule has 0 unspecified atom stereocenters. The predicted molar refractivity (Wildman–Crippen MR) is 141 cm³/mol. The second-order valence-electron chi connectivity index (χ2n) is 7.29. The number of carbonyl (C=O) groups is 1. The summed E-state index contributed by atoms with van der Waals surface area (Å²) in [6.07, 6.45) is 2.04. The molecule has 0 radical (unpaired) electrons. The van der Waals surface area contributed by atoms with Crippen molar-refractivity contribution in [3.8, 4) is 0 Å². The Balaban J connectivity index is 0. The lowest BCUT2D eigenvalue weighted by Crippen LogP contribution is -2.22. The van der Waals surface area contributed by atoms with Gasteiger partial charge in [0.05, 0.1) is 19.4 Å². The molecule has 0 aliphatic carbocycles. The SMILES string of the molecule is C=C(OC)N(C)CO.CC(=NCO)C1=NOCCO1.CCC(=O)/C(C)=C/CO.Cn1nc(CO)n(C)c1=O. The number of aliphatic hydroxyl groups excluding tert-OH is 4. The first kappa shape index (κ1) is 36.6. The molecule has 1 aromatic rings. The normalized spacial score (nSPS) is 12.6. The van der Waals surface area contributed by atoms with Crippen LogP contribution in [0.3, 0.4) is 0 Å². The maximum Gasteiger partial charge on any atom is 0.345 e. The van der Waals surface area contributed by atoms with Crippen molar-refractivity contribution in [3.05, 3.63) is 40.4 Å². The maximum atomic E-state index is 10.9. The Morgan fingerprint density at radius 1 is 1.24 bits per heavy atom. The van der Waals surface area contributed by atoms with Crippen LogP contribution in [0.1, 0.15) is 33.0 Å². The highest BCUT2D eigenvalue weighted by Gasteiger charge is 2.09. The number of aromatic nitrogens is 3. The number of nitrogens with zero attached hydrogens (tertiary/aromatic N) is 6. The van der Waals surface area contributed by atoms with Gasteiger partial charge in [0.15, 0.2) is 24.1 Å². The van der Waals surface area contributed by atoms with E-state index >= 15 is 0 Å². The van der Waals surface area contributed by atoms with Crippen LogP contribution in [0.2, 0.25) is 0 Å². The molecule has 1 aliphatic rings. The van der Waals surface area contributed by atoms with E-state index in [1.54, 1.807) is 41.9 Å². The zero-order valence-corrected chi connectivity index (χ0v) is 23.2. The number of carbonyl (C=O) groups excluding carboxylic acids is 1. The number of Topliss-reactive ketones (excluding diaryl/α,β-unsaturated/α-hetero) is 1. The van der Waals surface area contributed by atoms with E-state index in [1.807, 2.05) is 0 Å². The second kappa shape index (κ2) is 21.5. The number of hydrogen-bond donors (Lipinski definition) is 4. The zero-order chi connectivity index (χ0) is 29.7. The van der Waals surface area contributed by atoms with Gasteiger partial charge in [0.1, 0.15) is 26.7 Å². The summed E-state index contributed by atoms with van der Waals surface area (Å²) in [5.41, 5.74) is 0.983. The number of aliphatic imine (C=N–C) groups is 1. The third-order valence-electron chi connectivity index (χ3n) is 4.57. The van der Waals surface area contributed by atoms with Crippen molar-refractivity contribution in [2.45, 2.75) is 33.8 Å². The highest BCUT2D eigenvalue weighted by molar-refractivity contribution is 6.37. The highest BCUT2D eigenvalue weighted by atomic mass is 16.7. The van der Waals surface area contributed by atoms with Crippen LogP contribution in [0.4, 0.5) is 0 Å². The molecule has 2 rings (SSSR count). The van der Waals surface area contributed by atoms with Crippen LogP contribution in [0, 0.1) is 0 Å². The topological polar surface area (TPSA) is 193 Å². The molecule has 15 heteroatoms. The summed E-state index contributed by atoms with van der Waals surface area (Å²) < 4.78 is 12.2. The van der Waals surface area contributed by atoms with Gasteiger partial charge in [0.25, 0.3) is 5.90 Å².